The SMILES string of the molecule is N#C/C(=C/NC(N)=O)C(=O)c1ccc(Cl)cc1. The van der Waals surface area contributed by atoms with Crippen molar-refractivity contribution >= 4 is 23.4 Å². The minimum atomic E-state index is -0.846. The zero-order chi connectivity index (χ0) is 12.8. The van der Waals surface area contributed by atoms with Gasteiger partial charge in [-0.15, -0.1) is 0 Å². The zero-order valence-electron chi connectivity index (χ0n) is 8.61. The first-order valence-electron chi connectivity index (χ1n) is 4.51. The molecule has 1 aromatic carbocycles. The van der Waals surface area contributed by atoms with Crippen LogP contribution in [-0.2, 0) is 0 Å². The summed E-state index contributed by atoms with van der Waals surface area (Å²) >= 11 is 5.67. The van der Waals surface area contributed by atoms with E-state index in [0.717, 1.165) is 6.20 Å². The zero-order valence-corrected chi connectivity index (χ0v) is 9.36. The van der Waals surface area contributed by atoms with Crippen LogP contribution in [0, 0.1) is 11.3 Å². The summed E-state index contributed by atoms with van der Waals surface area (Å²) in [5, 5.41) is 11.3. The second kappa shape index (κ2) is 5.68. The lowest BCUT2D eigenvalue weighted by Gasteiger charge is -1.99. The van der Waals surface area contributed by atoms with Gasteiger partial charge in [-0.3, -0.25) is 4.79 Å². The highest BCUT2D eigenvalue weighted by atomic mass is 35.5. The van der Waals surface area contributed by atoms with E-state index in [1.807, 2.05) is 0 Å². The van der Waals surface area contributed by atoms with E-state index < -0.39 is 11.8 Å². The number of hydrogen-bond acceptors (Lipinski definition) is 3. The van der Waals surface area contributed by atoms with Crippen LogP contribution < -0.4 is 11.1 Å². The van der Waals surface area contributed by atoms with Crippen molar-refractivity contribution in [1.29, 1.82) is 5.26 Å². The van der Waals surface area contributed by atoms with Gasteiger partial charge >= 0.3 is 6.03 Å². The van der Waals surface area contributed by atoms with E-state index in [-0.39, 0.29) is 5.57 Å². The molecule has 1 aromatic rings. The van der Waals surface area contributed by atoms with E-state index in [2.05, 4.69) is 5.32 Å². The number of hydrogen-bond donors (Lipinski definition) is 2. The maximum Gasteiger partial charge on any atom is 0.316 e. The molecule has 0 unspecified atom stereocenters. The molecule has 0 bridgehead atoms. The van der Waals surface area contributed by atoms with Gasteiger partial charge in [-0.1, -0.05) is 11.6 Å². The quantitative estimate of drug-likeness (QED) is 0.484. The van der Waals surface area contributed by atoms with Crippen LogP contribution in [0.3, 0.4) is 0 Å². The van der Waals surface area contributed by atoms with Crippen LogP contribution in [0.4, 0.5) is 4.79 Å². The maximum absolute atomic E-state index is 11.8. The molecule has 5 nitrogen and oxygen atoms in total. The van der Waals surface area contributed by atoms with Crippen LogP contribution in [0.1, 0.15) is 10.4 Å². The summed E-state index contributed by atoms with van der Waals surface area (Å²) in [5.41, 5.74) is 4.90. The van der Waals surface area contributed by atoms with E-state index >= 15 is 0 Å². The first kappa shape index (κ1) is 12.7. The third-order valence-electron chi connectivity index (χ3n) is 1.83. The number of carbonyl (C=O) groups is 2. The van der Waals surface area contributed by atoms with Crippen LogP contribution in [0.25, 0.3) is 0 Å². The number of primary amides is 1. The molecule has 0 saturated heterocycles. The molecule has 6 heteroatoms. The van der Waals surface area contributed by atoms with Crippen molar-refractivity contribution in [3.05, 3.63) is 46.6 Å². The average molecular weight is 250 g/mol. The molecular formula is C11H8ClN3O2. The number of nitrogens with one attached hydrogen (secondary N) is 1. The van der Waals surface area contributed by atoms with E-state index in [0.29, 0.717) is 10.6 Å². The number of ketones is 1. The van der Waals surface area contributed by atoms with Gasteiger partial charge in [0.05, 0.1) is 0 Å². The van der Waals surface area contributed by atoms with Gasteiger partial charge < -0.3 is 11.1 Å². The standard InChI is InChI=1S/C11H8ClN3O2/c12-9-3-1-7(2-4-9)10(16)8(5-13)6-15-11(14)17/h1-4,6H,(H3,14,15,17)/b8-6-. The Labute approximate surface area is 102 Å². The molecule has 0 aliphatic carbocycles. The number of allylic oxidation sites excluding steroid dienone is 1. The Morgan fingerprint density at radius 2 is 1.94 bits per heavy atom. The number of halogens is 1. The van der Waals surface area contributed by atoms with Crippen LogP contribution >= 0.6 is 11.6 Å². The number of benzene rings is 1. The Kier molecular flexibility index (Phi) is 4.26. The average Bonchev–Trinajstić information content (AvgIpc) is 2.30. The second-order valence-electron chi connectivity index (χ2n) is 3.01. The molecule has 3 N–H and O–H groups in total. The lowest BCUT2D eigenvalue weighted by molar-refractivity contribution is 0.103. The third-order valence-corrected chi connectivity index (χ3v) is 2.08. The van der Waals surface area contributed by atoms with Gasteiger partial charge in [-0.25, -0.2) is 4.79 Å². The van der Waals surface area contributed by atoms with E-state index in [4.69, 9.17) is 22.6 Å². The molecule has 0 aliphatic rings. The van der Waals surface area contributed by atoms with Gasteiger partial charge in [0.25, 0.3) is 0 Å². The van der Waals surface area contributed by atoms with E-state index in [1.54, 1.807) is 6.07 Å². The number of Topliss-reactive ketones (excluding diaryl/α,β-unsaturated/α-hetero) is 1. The predicted octanol–water partition coefficient (Wildman–Crippen LogP) is 1.60. The molecule has 0 fully saturated rings. The van der Waals surface area contributed by atoms with Gasteiger partial charge in [0.1, 0.15) is 11.6 Å². The van der Waals surface area contributed by atoms with Crippen molar-refractivity contribution in [2.24, 2.45) is 5.73 Å². The fraction of sp³-hybridized carbons (Fsp3) is 0. The molecule has 0 aromatic heterocycles. The summed E-state index contributed by atoms with van der Waals surface area (Å²) in [4.78, 5) is 22.2. The summed E-state index contributed by atoms with van der Waals surface area (Å²) in [6.45, 7) is 0. The lowest BCUT2D eigenvalue weighted by atomic mass is 10.1. The van der Waals surface area contributed by atoms with Crippen molar-refractivity contribution in [1.82, 2.24) is 5.32 Å². The Hall–Kier alpha value is -2.32. The van der Waals surface area contributed by atoms with Crippen molar-refractivity contribution in [2.45, 2.75) is 0 Å². The van der Waals surface area contributed by atoms with Crippen molar-refractivity contribution < 1.29 is 9.59 Å². The fourth-order valence-electron chi connectivity index (χ4n) is 1.05. The third kappa shape index (κ3) is 3.63. The summed E-state index contributed by atoms with van der Waals surface area (Å²) in [7, 11) is 0. The van der Waals surface area contributed by atoms with Gasteiger partial charge in [-0.2, -0.15) is 5.26 Å². The van der Waals surface area contributed by atoms with Crippen molar-refractivity contribution in [2.75, 3.05) is 0 Å². The molecule has 0 atom stereocenters. The summed E-state index contributed by atoms with van der Waals surface area (Å²) in [5.74, 6) is -0.516. The highest BCUT2D eigenvalue weighted by Gasteiger charge is 2.11. The van der Waals surface area contributed by atoms with Crippen molar-refractivity contribution in [3.8, 4) is 6.07 Å². The maximum atomic E-state index is 11.8. The Morgan fingerprint density at radius 3 is 2.41 bits per heavy atom. The molecule has 0 aliphatic heterocycles. The molecule has 0 heterocycles. The Bertz CT molecular complexity index is 515. The molecule has 1 rings (SSSR count). The summed E-state index contributed by atoms with van der Waals surface area (Å²) < 4.78 is 0. The highest BCUT2D eigenvalue weighted by molar-refractivity contribution is 6.30. The van der Waals surface area contributed by atoms with E-state index in [9.17, 15) is 9.59 Å². The van der Waals surface area contributed by atoms with Gasteiger partial charge in [0.2, 0.25) is 5.78 Å². The van der Waals surface area contributed by atoms with Gasteiger partial charge in [0, 0.05) is 16.8 Å². The monoisotopic (exact) mass is 249 g/mol. The Morgan fingerprint density at radius 1 is 1.35 bits per heavy atom. The first-order chi connectivity index (χ1) is 8.04. The minimum Gasteiger partial charge on any atom is -0.351 e. The predicted molar refractivity (Wildman–Crippen MR) is 62.2 cm³/mol. The summed E-state index contributed by atoms with van der Waals surface area (Å²) in [6, 6.07) is 6.87. The van der Waals surface area contributed by atoms with Crippen LogP contribution in [0.2, 0.25) is 5.02 Å². The molecule has 0 spiro atoms. The number of urea groups is 1. The first-order valence-corrected chi connectivity index (χ1v) is 4.89. The smallest absolute Gasteiger partial charge is 0.316 e. The molecule has 17 heavy (non-hydrogen) atoms. The normalized spacial score (nSPS) is 10.5. The number of nitrogens with two attached hydrogens (primary N) is 1. The topological polar surface area (TPSA) is 96.0 Å². The van der Waals surface area contributed by atoms with Crippen molar-refractivity contribution in [3.63, 3.8) is 0 Å². The lowest BCUT2D eigenvalue weighted by Crippen LogP contribution is -2.25. The number of carbonyl (C=O) groups excluding carboxylic acids is 2. The van der Waals surface area contributed by atoms with Crippen LogP contribution in [0.15, 0.2) is 36.0 Å². The Balaban J connectivity index is 2.95. The molecule has 0 saturated carbocycles. The molecular weight excluding hydrogens is 242 g/mol. The minimum absolute atomic E-state index is 0.217. The summed E-state index contributed by atoms with van der Waals surface area (Å²) in [6.07, 6.45) is 0.972. The van der Waals surface area contributed by atoms with Gasteiger partial charge in [0.15, 0.2) is 0 Å². The number of rotatable bonds is 3. The number of nitriles is 1. The fourth-order valence-corrected chi connectivity index (χ4v) is 1.17. The van der Waals surface area contributed by atoms with E-state index in [1.165, 1.54) is 24.3 Å². The molecule has 0 radical (unpaired) electrons. The highest BCUT2D eigenvalue weighted by Crippen LogP contribution is 2.12. The number of amides is 2. The van der Waals surface area contributed by atoms with Gasteiger partial charge in [-0.05, 0) is 24.3 Å². The van der Waals surface area contributed by atoms with Crippen LogP contribution in [0.5, 0.6) is 0 Å². The largest absolute Gasteiger partial charge is 0.351 e. The molecule has 86 valence electrons. The number of nitrogens with zero attached hydrogens (tertiary/aromatic N) is 1. The second-order valence-corrected chi connectivity index (χ2v) is 3.45. The molecule has 2 amide bonds. The van der Waals surface area contributed by atoms with Crippen LogP contribution in [-0.4, -0.2) is 11.8 Å².